The van der Waals surface area contributed by atoms with Crippen LogP contribution in [0.25, 0.3) is 10.2 Å². The zero-order valence-corrected chi connectivity index (χ0v) is 16.1. The van der Waals surface area contributed by atoms with Crippen LogP contribution >= 0.6 is 11.3 Å². The zero-order valence-electron chi connectivity index (χ0n) is 15.3. The lowest BCUT2D eigenvalue weighted by Gasteiger charge is -2.23. The number of alkyl halides is 3. The molecule has 1 aromatic carbocycles. The first-order chi connectivity index (χ1) is 13.4. The van der Waals surface area contributed by atoms with Crippen LogP contribution in [0.15, 0.2) is 24.3 Å². The van der Waals surface area contributed by atoms with Gasteiger partial charge in [-0.3, -0.25) is 0 Å². The Morgan fingerprint density at radius 3 is 2.57 bits per heavy atom. The van der Waals surface area contributed by atoms with Crippen molar-refractivity contribution < 1.29 is 13.2 Å². The molecule has 1 saturated carbocycles. The van der Waals surface area contributed by atoms with Crippen molar-refractivity contribution in [2.45, 2.75) is 51.2 Å². The molecule has 1 fully saturated rings. The molecule has 5 nitrogen and oxygen atoms in total. The van der Waals surface area contributed by atoms with Gasteiger partial charge < -0.3 is 10.6 Å². The molecule has 0 amide bonds. The van der Waals surface area contributed by atoms with Crippen molar-refractivity contribution >= 4 is 39.0 Å². The molecule has 0 aliphatic heterocycles. The molecule has 1 aliphatic carbocycles. The summed E-state index contributed by atoms with van der Waals surface area (Å²) in [6.07, 6.45) is 0.583. The number of hydrogen-bond acceptors (Lipinski definition) is 6. The number of anilines is 3. The maximum atomic E-state index is 13.3. The molecule has 3 aromatic rings. The number of benzene rings is 1. The van der Waals surface area contributed by atoms with E-state index in [0.29, 0.717) is 5.69 Å². The first-order valence-corrected chi connectivity index (χ1v) is 10.1. The standard InChI is InChI=1S/C19H20F3N5S/c1-11-23-14-9-13(7-8-15(14)28-11)24-17-10-16(19(20,21)22)26-18(27-17)25-12-5-3-2-4-6-12/h7-10,12H,2-6H2,1H3,(H2,24,25,26,27). The minimum atomic E-state index is -4.54. The number of aryl methyl sites for hydroxylation is 1. The van der Waals surface area contributed by atoms with Crippen molar-refractivity contribution in [1.82, 2.24) is 15.0 Å². The van der Waals surface area contributed by atoms with E-state index in [2.05, 4.69) is 25.6 Å². The summed E-state index contributed by atoms with van der Waals surface area (Å²) in [7, 11) is 0. The van der Waals surface area contributed by atoms with Crippen LogP contribution in [0, 0.1) is 6.92 Å². The molecule has 1 aliphatic rings. The topological polar surface area (TPSA) is 62.7 Å². The molecule has 4 rings (SSSR count). The normalized spacial score (nSPS) is 15.7. The molecule has 28 heavy (non-hydrogen) atoms. The van der Waals surface area contributed by atoms with Gasteiger partial charge in [0.2, 0.25) is 5.95 Å². The van der Waals surface area contributed by atoms with Crippen LogP contribution in [-0.4, -0.2) is 21.0 Å². The van der Waals surface area contributed by atoms with Gasteiger partial charge in [0, 0.05) is 17.8 Å². The maximum absolute atomic E-state index is 13.3. The third-order valence-corrected chi connectivity index (χ3v) is 5.67. The Bertz CT molecular complexity index is 979. The van der Waals surface area contributed by atoms with Crippen molar-refractivity contribution in [1.29, 1.82) is 0 Å². The number of aromatic nitrogens is 3. The second kappa shape index (κ2) is 7.54. The quantitative estimate of drug-likeness (QED) is 0.564. The number of nitrogens with one attached hydrogen (secondary N) is 2. The van der Waals surface area contributed by atoms with Gasteiger partial charge in [0.15, 0.2) is 5.69 Å². The van der Waals surface area contributed by atoms with Gasteiger partial charge >= 0.3 is 6.18 Å². The minimum absolute atomic E-state index is 0.00908. The van der Waals surface area contributed by atoms with Crippen molar-refractivity contribution in [2.24, 2.45) is 0 Å². The highest BCUT2D eigenvalue weighted by molar-refractivity contribution is 7.18. The maximum Gasteiger partial charge on any atom is 0.433 e. The smallest absolute Gasteiger partial charge is 0.351 e. The van der Waals surface area contributed by atoms with E-state index in [4.69, 9.17) is 0 Å². The summed E-state index contributed by atoms with van der Waals surface area (Å²) in [4.78, 5) is 12.4. The van der Waals surface area contributed by atoms with Crippen LogP contribution in [0.3, 0.4) is 0 Å². The molecule has 0 saturated heterocycles. The molecule has 0 spiro atoms. The Morgan fingerprint density at radius 2 is 1.82 bits per heavy atom. The highest BCUT2D eigenvalue weighted by Crippen LogP contribution is 2.32. The van der Waals surface area contributed by atoms with Crippen molar-refractivity contribution in [3.63, 3.8) is 0 Å². The van der Waals surface area contributed by atoms with Gasteiger partial charge in [0.05, 0.1) is 15.2 Å². The summed E-state index contributed by atoms with van der Waals surface area (Å²) < 4.78 is 41.0. The van der Waals surface area contributed by atoms with Crippen LogP contribution < -0.4 is 10.6 Å². The minimum Gasteiger partial charge on any atom is -0.351 e. The van der Waals surface area contributed by atoms with Crippen LogP contribution in [0.4, 0.5) is 30.6 Å². The van der Waals surface area contributed by atoms with Crippen LogP contribution in [0.1, 0.15) is 42.8 Å². The molecule has 148 valence electrons. The predicted molar refractivity (Wildman–Crippen MR) is 105 cm³/mol. The third-order valence-electron chi connectivity index (χ3n) is 4.72. The number of thiazole rings is 1. The van der Waals surface area contributed by atoms with E-state index in [9.17, 15) is 13.2 Å². The number of hydrogen-bond donors (Lipinski definition) is 2. The molecular weight excluding hydrogens is 387 g/mol. The Balaban J connectivity index is 1.62. The van der Waals surface area contributed by atoms with Gasteiger partial charge in [-0.05, 0) is 38.0 Å². The second-order valence-corrected chi connectivity index (χ2v) is 8.21. The van der Waals surface area contributed by atoms with Gasteiger partial charge in [-0.25, -0.2) is 9.97 Å². The van der Waals surface area contributed by atoms with E-state index < -0.39 is 11.9 Å². The second-order valence-electron chi connectivity index (χ2n) is 6.98. The van der Waals surface area contributed by atoms with Crippen LogP contribution in [-0.2, 0) is 6.18 Å². The van der Waals surface area contributed by atoms with Crippen LogP contribution in [0.5, 0.6) is 0 Å². The molecule has 2 N–H and O–H groups in total. The summed E-state index contributed by atoms with van der Waals surface area (Å²) in [6.45, 7) is 1.92. The summed E-state index contributed by atoms with van der Waals surface area (Å²) in [5.74, 6) is 0.113. The summed E-state index contributed by atoms with van der Waals surface area (Å²) in [5, 5.41) is 6.99. The monoisotopic (exact) mass is 407 g/mol. The molecule has 2 heterocycles. The SMILES string of the molecule is Cc1nc2cc(Nc3cc(C(F)(F)F)nc(NC4CCCCC4)n3)ccc2s1. The van der Waals surface area contributed by atoms with Gasteiger partial charge in [-0.15, -0.1) is 11.3 Å². The number of halogens is 3. The predicted octanol–water partition coefficient (Wildman–Crippen LogP) is 5.90. The molecule has 0 bridgehead atoms. The number of fused-ring (bicyclic) bond motifs is 1. The highest BCUT2D eigenvalue weighted by atomic mass is 32.1. The van der Waals surface area contributed by atoms with Crippen molar-refractivity contribution in [2.75, 3.05) is 10.6 Å². The van der Waals surface area contributed by atoms with Crippen molar-refractivity contribution in [3.8, 4) is 0 Å². The Hall–Kier alpha value is -2.42. The fraction of sp³-hybridized carbons (Fsp3) is 0.421. The molecule has 9 heteroatoms. The van der Waals surface area contributed by atoms with E-state index >= 15 is 0 Å². The zero-order chi connectivity index (χ0) is 19.7. The van der Waals surface area contributed by atoms with Gasteiger partial charge in [0.25, 0.3) is 0 Å². The van der Waals surface area contributed by atoms with Crippen molar-refractivity contribution in [3.05, 3.63) is 35.0 Å². The molecular formula is C19H20F3N5S. The third kappa shape index (κ3) is 4.35. The average molecular weight is 407 g/mol. The van der Waals surface area contributed by atoms with Gasteiger partial charge in [-0.1, -0.05) is 19.3 Å². The van der Waals surface area contributed by atoms with E-state index in [1.54, 1.807) is 11.3 Å². The fourth-order valence-electron chi connectivity index (χ4n) is 3.42. The lowest BCUT2D eigenvalue weighted by molar-refractivity contribution is -0.141. The largest absolute Gasteiger partial charge is 0.433 e. The first kappa shape index (κ1) is 18.9. The summed E-state index contributed by atoms with van der Waals surface area (Å²) >= 11 is 1.57. The number of nitrogens with zero attached hydrogens (tertiary/aromatic N) is 3. The van der Waals surface area contributed by atoms with E-state index in [1.807, 2.05) is 25.1 Å². The average Bonchev–Trinajstić information content (AvgIpc) is 3.01. The number of rotatable bonds is 4. The Kier molecular flexibility index (Phi) is 5.09. The highest BCUT2D eigenvalue weighted by Gasteiger charge is 2.34. The summed E-state index contributed by atoms with van der Waals surface area (Å²) in [5.41, 5.74) is 0.472. The lowest BCUT2D eigenvalue weighted by atomic mass is 9.96. The van der Waals surface area contributed by atoms with E-state index in [-0.39, 0.29) is 17.8 Å². The first-order valence-electron chi connectivity index (χ1n) is 9.24. The van der Waals surface area contributed by atoms with Gasteiger partial charge in [0.1, 0.15) is 5.82 Å². The molecule has 0 unspecified atom stereocenters. The van der Waals surface area contributed by atoms with Gasteiger partial charge in [-0.2, -0.15) is 18.2 Å². The molecule has 2 aromatic heterocycles. The van der Waals surface area contributed by atoms with Crippen LogP contribution in [0.2, 0.25) is 0 Å². The van der Waals surface area contributed by atoms with E-state index in [0.717, 1.165) is 53.4 Å². The fourth-order valence-corrected chi connectivity index (χ4v) is 4.23. The lowest BCUT2D eigenvalue weighted by Crippen LogP contribution is -2.24. The molecule has 0 radical (unpaired) electrons. The Morgan fingerprint density at radius 1 is 1.04 bits per heavy atom. The Labute approximate surface area is 164 Å². The summed E-state index contributed by atoms with van der Waals surface area (Å²) in [6, 6.07) is 6.56. The molecule has 0 atom stereocenters. The van der Waals surface area contributed by atoms with E-state index in [1.165, 1.54) is 0 Å².